The number of hydrogen-bond acceptors (Lipinski definition) is 8. The second-order valence-corrected chi connectivity index (χ2v) is 9.92. The van der Waals surface area contributed by atoms with Crippen LogP contribution in [0.2, 0.25) is 0 Å². The Balaban J connectivity index is 1.26. The summed E-state index contributed by atoms with van der Waals surface area (Å²) >= 11 is 1.39. The van der Waals surface area contributed by atoms with Gasteiger partial charge in [0.05, 0.1) is 10.2 Å². The quantitative estimate of drug-likeness (QED) is 0.383. The van der Waals surface area contributed by atoms with Crippen LogP contribution in [0.4, 0.5) is 15.5 Å². The predicted octanol–water partition coefficient (Wildman–Crippen LogP) is 5.25. The molecule has 0 radical (unpaired) electrons. The fourth-order valence-electron chi connectivity index (χ4n) is 4.41. The van der Waals surface area contributed by atoms with Gasteiger partial charge in [-0.2, -0.15) is 4.98 Å². The number of rotatable bonds is 6. The van der Waals surface area contributed by atoms with Crippen LogP contribution in [0.3, 0.4) is 0 Å². The van der Waals surface area contributed by atoms with E-state index in [2.05, 4.69) is 43.9 Å². The van der Waals surface area contributed by atoms with Crippen molar-refractivity contribution in [2.45, 2.75) is 32.9 Å². The highest BCUT2D eigenvalue weighted by Gasteiger charge is 2.29. The summed E-state index contributed by atoms with van der Waals surface area (Å²) < 4.78 is 20.3. The summed E-state index contributed by atoms with van der Waals surface area (Å²) in [5, 5.41) is 3.27. The third kappa shape index (κ3) is 5.29. The third-order valence-corrected chi connectivity index (χ3v) is 7.23. The number of ether oxygens (including phenoxy) is 1. The number of fused-ring (bicyclic) bond motifs is 1. The van der Waals surface area contributed by atoms with Gasteiger partial charge in [-0.15, -0.1) is 0 Å². The first-order chi connectivity index (χ1) is 17.4. The number of aromatic nitrogens is 3. The molecule has 0 spiro atoms. The van der Waals surface area contributed by atoms with Crippen molar-refractivity contribution in [3.63, 3.8) is 0 Å². The van der Waals surface area contributed by atoms with Gasteiger partial charge in [-0.05, 0) is 43.7 Å². The molecule has 0 bridgehead atoms. The van der Waals surface area contributed by atoms with Crippen molar-refractivity contribution in [2.75, 3.05) is 29.9 Å². The molecule has 2 aromatic heterocycles. The van der Waals surface area contributed by atoms with Crippen LogP contribution in [0.25, 0.3) is 10.2 Å². The Bertz CT molecular complexity index is 1380. The average Bonchev–Trinajstić information content (AvgIpc) is 3.25. The lowest BCUT2D eigenvalue weighted by atomic mass is 10.0. The Morgan fingerprint density at radius 2 is 1.97 bits per heavy atom. The standard InChI is InChI=1S/C26H27FN6O2S/c1-16-15-32(17(2)19-4-6-20(27)7-5-19)12-13-33(16)25-28-11-10-24(31-25)35-21-8-9-22-23(14-21)36-26(30-22)29-18(3)34/h4-11,14,16-17H,12-13,15H2,1-3H3,(H,29,30,34)/t16-,17-/m1/s1. The lowest BCUT2D eigenvalue weighted by Crippen LogP contribution is -2.53. The first-order valence-electron chi connectivity index (χ1n) is 11.8. The van der Waals surface area contributed by atoms with Crippen molar-refractivity contribution in [1.29, 1.82) is 0 Å². The number of benzene rings is 2. The fraction of sp³-hybridized carbons (Fsp3) is 0.308. The zero-order valence-electron chi connectivity index (χ0n) is 20.3. The van der Waals surface area contributed by atoms with Gasteiger partial charge in [0.15, 0.2) is 5.13 Å². The van der Waals surface area contributed by atoms with Crippen molar-refractivity contribution < 1.29 is 13.9 Å². The van der Waals surface area contributed by atoms with Crippen molar-refractivity contribution in [2.24, 2.45) is 0 Å². The van der Waals surface area contributed by atoms with Crippen LogP contribution in [0.5, 0.6) is 11.6 Å². The summed E-state index contributed by atoms with van der Waals surface area (Å²) in [6, 6.07) is 14.4. The van der Waals surface area contributed by atoms with Gasteiger partial charge in [-0.1, -0.05) is 23.5 Å². The number of halogens is 1. The van der Waals surface area contributed by atoms with E-state index >= 15 is 0 Å². The van der Waals surface area contributed by atoms with Crippen molar-refractivity contribution in [3.05, 3.63) is 66.1 Å². The molecule has 0 saturated carbocycles. The van der Waals surface area contributed by atoms with Crippen molar-refractivity contribution in [1.82, 2.24) is 19.9 Å². The summed E-state index contributed by atoms with van der Waals surface area (Å²) in [7, 11) is 0. The Labute approximate surface area is 212 Å². The van der Waals surface area contributed by atoms with Crippen LogP contribution in [0, 0.1) is 5.82 Å². The minimum atomic E-state index is -0.217. The Hall–Kier alpha value is -3.63. The molecule has 0 aliphatic carbocycles. The van der Waals surface area contributed by atoms with E-state index in [4.69, 9.17) is 4.74 Å². The van der Waals surface area contributed by atoms with Gasteiger partial charge in [0.25, 0.3) is 0 Å². The molecule has 1 fully saturated rings. The van der Waals surface area contributed by atoms with E-state index in [0.29, 0.717) is 22.7 Å². The van der Waals surface area contributed by atoms with Crippen LogP contribution >= 0.6 is 11.3 Å². The van der Waals surface area contributed by atoms with E-state index in [1.165, 1.54) is 30.4 Å². The van der Waals surface area contributed by atoms with E-state index in [0.717, 1.165) is 35.4 Å². The normalized spacial score (nSPS) is 17.2. The van der Waals surface area contributed by atoms with Crippen LogP contribution in [-0.2, 0) is 4.79 Å². The summed E-state index contributed by atoms with van der Waals surface area (Å²) in [4.78, 5) is 29.5. The number of carbonyl (C=O) groups excluding carboxylic acids is 1. The first kappa shape index (κ1) is 24.1. The van der Waals surface area contributed by atoms with Gasteiger partial charge >= 0.3 is 0 Å². The van der Waals surface area contributed by atoms with E-state index in [1.807, 2.05) is 30.3 Å². The van der Waals surface area contributed by atoms with Gasteiger partial charge < -0.3 is 15.0 Å². The molecule has 2 aromatic carbocycles. The number of nitrogens with one attached hydrogen (secondary N) is 1. The molecule has 1 N–H and O–H groups in total. The zero-order chi connectivity index (χ0) is 25.2. The minimum absolute atomic E-state index is 0.154. The number of nitrogens with zero attached hydrogens (tertiary/aromatic N) is 5. The lowest BCUT2D eigenvalue weighted by Gasteiger charge is -2.42. The maximum absolute atomic E-state index is 13.3. The highest BCUT2D eigenvalue weighted by atomic mass is 32.1. The second kappa shape index (κ2) is 10.2. The fourth-order valence-corrected chi connectivity index (χ4v) is 5.35. The van der Waals surface area contributed by atoms with Crippen molar-refractivity contribution >= 4 is 38.5 Å². The number of piperazine rings is 1. The maximum atomic E-state index is 13.3. The Kier molecular flexibility index (Phi) is 6.80. The van der Waals surface area contributed by atoms with Gasteiger partial charge in [-0.25, -0.2) is 14.4 Å². The summed E-state index contributed by atoms with van der Waals surface area (Å²) in [5.41, 5.74) is 1.90. The average molecular weight is 507 g/mol. The second-order valence-electron chi connectivity index (χ2n) is 8.89. The third-order valence-electron chi connectivity index (χ3n) is 6.30. The molecule has 0 unspecified atom stereocenters. The smallest absolute Gasteiger partial charge is 0.228 e. The highest BCUT2D eigenvalue weighted by molar-refractivity contribution is 7.22. The SMILES string of the molecule is CC(=O)Nc1nc2ccc(Oc3ccnc(N4CCN([C@H](C)c5ccc(F)cc5)C[C@H]4C)n3)cc2s1. The molecule has 1 saturated heterocycles. The van der Waals surface area contributed by atoms with E-state index in [-0.39, 0.29) is 23.8 Å². The molecule has 36 heavy (non-hydrogen) atoms. The van der Waals surface area contributed by atoms with E-state index < -0.39 is 0 Å². The maximum Gasteiger partial charge on any atom is 0.228 e. The monoisotopic (exact) mass is 506 g/mol. The molecule has 186 valence electrons. The summed E-state index contributed by atoms with van der Waals surface area (Å²) in [6.45, 7) is 8.22. The van der Waals surface area contributed by atoms with E-state index in [9.17, 15) is 9.18 Å². The van der Waals surface area contributed by atoms with Crippen molar-refractivity contribution in [3.8, 4) is 11.6 Å². The molecule has 3 heterocycles. The highest BCUT2D eigenvalue weighted by Crippen LogP contribution is 2.31. The van der Waals surface area contributed by atoms with Crippen LogP contribution in [-0.4, -0.2) is 51.4 Å². The number of anilines is 2. The molecule has 2 atom stereocenters. The van der Waals surface area contributed by atoms with Gasteiger partial charge in [-0.3, -0.25) is 9.69 Å². The summed E-state index contributed by atoms with van der Waals surface area (Å²) in [6.07, 6.45) is 1.71. The predicted molar refractivity (Wildman–Crippen MR) is 139 cm³/mol. The van der Waals surface area contributed by atoms with E-state index in [1.54, 1.807) is 12.3 Å². The van der Waals surface area contributed by atoms with Crippen LogP contribution in [0.15, 0.2) is 54.7 Å². The molecule has 1 aliphatic rings. The van der Waals surface area contributed by atoms with Crippen LogP contribution < -0.4 is 15.0 Å². The number of carbonyl (C=O) groups is 1. The molecule has 10 heteroatoms. The molecular weight excluding hydrogens is 479 g/mol. The Morgan fingerprint density at radius 1 is 1.17 bits per heavy atom. The van der Waals surface area contributed by atoms with Gasteiger partial charge in [0, 0.05) is 57.0 Å². The molecule has 8 nitrogen and oxygen atoms in total. The molecule has 5 rings (SSSR count). The van der Waals surface area contributed by atoms with Gasteiger partial charge in [0.2, 0.25) is 17.7 Å². The molecule has 1 amide bonds. The number of thiazole rings is 1. The minimum Gasteiger partial charge on any atom is -0.439 e. The molecule has 4 aromatic rings. The first-order valence-corrected chi connectivity index (χ1v) is 12.6. The number of hydrogen-bond donors (Lipinski definition) is 1. The topological polar surface area (TPSA) is 83.5 Å². The number of amides is 1. The van der Waals surface area contributed by atoms with Crippen LogP contribution in [0.1, 0.15) is 32.4 Å². The summed E-state index contributed by atoms with van der Waals surface area (Å²) in [5.74, 6) is 1.35. The zero-order valence-corrected chi connectivity index (χ0v) is 21.1. The lowest BCUT2D eigenvalue weighted by molar-refractivity contribution is -0.114. The molecular formula is C26H27FN6O2S. The Morgan fingerprint density at radius 3 is 2.72 bits per heavy atom. The largest absolute Gasteiger partial charge is 0.439 e. The van der Waals surface area contributed by atoms with Gasteiger partial charge in [0.1, 0.15) is 11.6 Å². The molecule has 1 aliphatic heterocycles.